The van der Waals surface area contributed by atoms with E-state index in [1.54, 1.807) is 12.1 Å². The Kier molecular flexibility index (Phi) is 2.90. The molecule has 0 fully saturated rings. The molecule has 3 rings (SSSR count). The third-order valence-corrected chi connectivity index (χ3v) is 4.36. The minimum absolute atomic E-state index is 0.0333. The zero-order valence-electron chi connectivity index (χ0n) is 11.8. The van der Waals surface area contributed by atoms with Crippen LogP contribution in [0.4, 0.5) is 0 Å². The van der Waals surface area contributed by atoms with Crippen molar-refractivity contribution in [2.75, 3.05) is 0 Å². The van der Waals surface area contributed by atoms with Crippen molar-refractivity contribution in [3.8, 4) is 5.75 Å². The van der Waals surface area contributed by atoms with Crippen molar-refractivity contribution in [3.63, 3.8) is 0 Å². The average molecular weight is 284 g/mol. The number of carboxylic acids is 1. The first kappa shape index (κ1) is 13.5. The third-order valence-electron chi connectivity index (χ3n) is 4.36. The van der Waals surface area contributed by atoms with Gasteiger partial charge in [0, 0.05) is 16.7 Å². The highest BCUT2D eigenvalue weighted by molar-refractivity contribution is 5.89. The van der Waals surface area contributed by atoms with Gasteiger partial charge in [0.1, 0.15) is 11.5 Å². The van der Waals surface area contributed by atoms with Gasteiger partial charge in [0.2, 0.25) is 0 Å². The third kappa shape index (κ3) is 1.87. The van der Waals surface area contributed by atoms with E-state index in [1.807, 2.05) is 19.9 Å². The molecule has 0 bridgehead atoms. The van der Waals surface area contributed by atoms with Gasteiger partial charge in [0.05, 0.1) is 5.56 Å². The number of aliphatic hydroxyl groups is 1. The molecule has 4 heteroatoms. The smallest absolute Gasteiger partial charge is 0.335 e. The monoisotopic (exact) mass is 284 g/mol. The Bertz CT molecular complexity index is 840. The van der Waals surface area contributed by atoms with Gasteiger partial charge in [-0.2, -0.15) is 0 Å². The number of phenols is 1. The normalized spacial score (nSPS) is 20.4. The molecule has 1 unspecified atom stereocenters. The number of benzene rings is 1. The van der Waals surface area contributed by atoms with Crippen LogP contribution in [0.25, 0.3) is 11.1 Å². The summed E-state index contributed by atoms with van der Waals surface area (Å²) in [5.74, 6) is -0.872. The Morgan fingerprint density at radius 1 is 1.24 bits per heavy atom. The summed E-state index contributed by atoms with van der Waals surface area (Å²) in [6.07, 6.45) is 4.35. The minimum Gasteiger partial charge on any atom is -0.508 e. The van der Waals surface area contributed by atoms with Crippen molar-refractivity contribution in [2.24, 2.45) is 5.92 Å². The number of hydrogen-bond donors (Lipinski definition) is 3. The fraction of sp³-hybridized carbons (Fsp3) is 0.235. The molecule has 3 N–H and O–H groups in total. The van der Waals surface area contributed by atoms with Gasteiger partial charge in [-0.1, -0.05) is 11.6 Å². The number of phenolic OH excluding ortho intramolecular Hbond substituents is 1. The Balaban J connectivity index is 2.49. The predicted octanol–water partition coefficient (Wildman–Crippen LogP) is 1.83. The molecule has 1 aromatic rings. The number of fused-ring (bicyclic) bond motifs is 2. The van der Waals surface area contributed by atoms with Crippen molar-refractivity contribution in [2.45, 2.75) is 20.3 Å². The van der Waals surface area contributed by atoms with Crippen molar-refractivity contribution < 1.29 is 20.1 Å². The molecule has 2 aliphatic carbocycles. The lowest BCUT2D eigenvalue weighted by molar-refractivity contribution is 0.0696. The topological polar surface area (TPSA) is 77.8 Å². The van der Waals surface area contributed by atoms with Crippen LogP contribution in [0.2, 0.25) is 0 Å². The number of carbonyl (C=O) groups is 1. The molecule has 1 atom stereocenters. The number of aromatic carboxylic acids is 1. The van der Waals surface area contributed by atoms with Crippen LogP contribution in [0.15, 0.2) is 35.6 Å². The Morgan fingerprint density at radius 2 is 1.95 bits per heavy atom. The highest BCUT2D eigenvalue weighted by Gasteiger charge is 2.28. The Hall–Kier alpha value is -2.49. The van der Waals surface area contributed by atoms with E-state index in [0.717, 1.165) is 28.4 Å². The molecule has 2 aliphatic rings. The number of hydrogen-bond acceptors (Lipinski definition) is 3. The maximum absolute atomic E-state index is 11.2. The summed E-state index contributed by atoms with van der Waals surface area (Å²) < 4.78 is 0. The Labute approximate surface area is 121 Å². The van der Waals surface area contributed by atoms with E-state index in [4.69, 9.17) is 5.11 Å². The summed E-state index contributed by atoms with van der Waals surface area (Å²) >= 11 is 0. The van der Waals surface area contributed by atoms with Gasteiger partial charge >= 0.3 is 5.97 Å². The predicted molar refractivity (Wildman–Crippen MR) is 79.4 cm³/mol. The molecule has 0 heterocycles. The van der Waals surface area contributed by atoms with Gasteiger partial charge in [-0.15, -0.1) is 0 Å². The second-order valence-electron chi connectivity index (χ2n) is 5.52. The minimum atomic E-state index is -1.06. The summed E-state index contributed by atoms with van der Waals surface area (Å²) in [6.45, 7) is 3.77. The maximum atomic E-state index is 11.2. The summed E-state index contributed by atoms with van der Waals surface area (Å²) in [4.78, 5) is 11.2. The van der Waals surface area contributed by atoms with Crippen LogP contribution in [0.1, 0.15) is 30.6 Å². The summed E-state index contributed by atoms with van der Waals surface area (Å²) in [7, 11) is 0. The standard InChI is InChI=1S/C17H16O4/c1-8-11-4-3-5-13(18)15(11)9(2)16-12(8)6-10(17(20)21)7-14(16)19/h3,5-7,11,18-19H,4H2,1-2H3,(H,20,21). The molecule has 4 nitrogen and oxygen atoms in total. The number of carboxylic acid groups (broad SMARTS) is 1. The first-order valence-corrected chi connectivity index (χ1v) is 6.80. The van der Waals surface area contributed by atoms with E-state index in [1.165, 1.54) is 6.07 Å². The van der Waals surface area contributed by atoms with Gasteiger partial charge in [0.15, 0.2) is 0 Å². The van der Waals surface area contributed by atoms with Crippen molar-refractivity contribution in [3.05, 3.63) is 51.6 Å². The molecule has 108 valence electrons. The summed E-state index contributed by atoms with van der Waals surface area (Å²) in [5, 5.41) is 30.9. The van der Waals surface area contributed by atoms with Crippen LogP contribution >= 0.6 is 0 Å². The van der Waals surface area contributed by atoms with Crippen LogP contribution in [-0.2, 0) is 0 Å². The zero-order valence-corrected chi connectivity index (χ0v) is 11.8. The fourth-order valence-corrected chi connectivity index (χ4v) is 3.33. The number of allylic oxidation sites excluding steroid dienone is 3. The molecule has 0 amide bonds. The first-order chi connectivity index (χ1) is 9.91. The largest absolute Gasteiger partial charge is 0.508 e. The van der Waals surface area contributed by atoms with E-state index in [9.17, 15) is 15.0 Å². The van der Waals surface area contributed by atoms with E-state index >= 15 is 0 Å². The highest BCUT2D eigenvalue weighted by Crippen LogP contribution is 2.37. The van der Waals surface area contributed by atoms with Gasteiger partial charge in [-0.25, -0.2) is 4.79 Å². The average Bonchev–Trinajstić information content (AvgIpc) is 2.43. The molecule has 0 saturated heterocycles. The van der Waals surface area contributed by atoms with Crippen LogP contribution < -0.4 is 10.4 Å². The maximum Gasteiger partial charge on any atom is 0.335 e. The van der Waals surface area contributed by atoms with Crippen LogP contribution in [0, 0.1) is 5.92 Å². The lowest BCUT2D eigenvalue weighted by Crippen LogP contribution is -2.37. The molecule has 0 spiro atoms. The lowest BCUT2D eigenvalue weighted by Gasteiger charge is -2.28. The van der Waals surface area contributed by atoms with E-state index < -0.39 is 5.97 Å². The lowest BCUT2D eigenvalue weighted by atomic mass is 9.76. The van der Waals surface area contributed by atoms with Gasteiger partial charge in [-0.3, -0.25) is 0 Å². The van der Waals surface area contributed by atoms with Gasteiger partial charge in [-0.05, 0) is 49.3 Å². The number of rotatable bonds is 1. The second-order valence-corrected chi connectivity index (χ2v) is 5.52. The summed E-state index contributed by atoms with van der Waals surface area (Å²) in [5.41, 5.74) is 2.67. The van der Waals surface area contributed by atoms with Gasteiger partial charge in [0.25, 0.3) is 0 Å². The SMILES string of the molecule is CC1=c2cc(C(=O)O)cc(O)c2=C(C)C2=C(O)C=CCC21. The van der Waals surface area contributed by atoms with Crippen molar-refractivity contribution in [1.29, 1.82) is 0 Å². The molecule has 0 aromatic heterocycles. The molecular formula is C17H16O4. The second kappa shape index (κ2) is 4.52. The molecule has 0 radical (unpaired) electrons. The quantitative estimate of drug-likeness (QED) is 0.735. The van der Waals surface area contributed by atoms with Crippen LogP contribution in [0.5, 0.6) is 5.75 Å². The highest BCUT2D eigenvalue weighted by atomic mass is 16.4. The fourth-order valence-electron chi connectivity index (χ4n) is 3.33. The van der Waals surface area contributed by atoms with E-state index in [0.29, 0.717) is 5.22 Å². The molecular weight excluding hydrogens is 268 g/mol. The van der Waals surface area contributed by atoms with E-state index in [-0.39, 0.29) is 23.0 Å². The van der Waals surface area contributed by atoms with E-state index in [2.05, 4.69) is 0 Å². The molecule has 21 heavy (non-hydrogen) atoms. The van der Waals surface area contributed by atoms with Crippen LogP contribution in [-0.4, -0.2) is 21.3 Å². The molecule has 0 aliphatic heterocycles. The number of aromatic hydroxyl groups is 1. The summed E-state index contributed by atoms with van der Waals surface area (Å²) in [6, 6.07) is 2.86. The van der Waals surface area contributed by atoms with Crippen LogP contribution in [0.3, 0.4) is 0 Å². The Morgan fingerprint density at radius 3 is 2.62 bits per heavy atom. The van der Waals surface area contributed by atoms with Crippen molar-refractivity contribution >= 4 is 17.1 Å². The first-order valence-electron chi connectivity index (χ1n) is 6.80. The van der Waals surface area contributed by atoms with Gasteiger partial charge < -0.3 is 15.3 Å². The molecule has 0 saturated carbocycles. The van der Waals surface area contributed by atoms with Crippen molar-refractivity contribution in [1.82, 2.24) is 0 Å². The molecule has 1 aromatic carbocycles. The number of aliphatic hydroxyl groups excluding tert-OH is 1. The zero-order chi connectivity index (χ0) is 15.3.